The maximum Gasteiger partial charge on any atom is 0.291 e. The maximum atomic E-state index is 12.4. The molecule has 6 rings (SSSR count). The molecule has 0 aliphatic heterocycles. The molecule has 0 unspecified atom stereocenters. The molecule has 1 aromatic carbocycles. The maximum absolute atomic E-state index is 12.4. The third-order valence-electron chi connectivity index (χ3n) is 6.84. The van der Waals surface area contributed by atoms with Crippen molar-refractivity contribution in [1.82, 2.24) is 15.6 Å². The Hall–Kier alpha value is -2.69. The van der Waals surface area contributed by atoms with Crippen LogP contribution in [-0.2, 0) is 5.41 Å². The normalized spacial score (nSPS) is 31.1. The minimum absolute atomic E-state index is 0.224. The summed E-state index contributed by atoms with van der Waals surface area (Å²) in [6.07, 6.45) is 13.3. The molecular formula is C23H26N4O. The smallest absolute Gasteiger partial charge is 0.281 e. The van der Waals surface area contributed by atoms with Gasteiger partial charge in [-0.2, -0.15) is 10.2 Å². The SMILES string of the molecule is O=C(NN=C/C=C\c1ccccc1)c1cc(C23CC4CC(CC(C4)C2)C3)[nH]n1. The van der Waals surface area contributed by atoms with Crippen LogP contribution in [0.5, 0.6) is 0 Å². The lowest BCUT2D eigenvalue weighted by molar-refractivity contribution is -0.00721. The van der Waals surface area contributed by atoms with Gasteiger partial charge in [0.25, 0.3) is 5.91 Å². The van der Waals surface area contributed by atoms with Gasteiger partial charge in [-0.05, 0) is 74.0 Å². The van der Waals surface area contributed by atoms with Crippen LogP contribution in [0.15, 0.2) is 47.6 Å². The lowest BCUT2D eigenvalue weighted by Crippen LogP contribution is -2.48. The summed E-state index contributed by atoms with van der Waals surface area (Å²) in [5, 5.41) is 11.5. The van der Waals surface area contributed by atoms with Gasteiger partial charge in [0.2, 0.25) is 0 Å². The fraction of sp³-hybridized carbons (Fsp3) is 0.435. The van der Waals surface area contributed by atoms with E-state index in [1.54, 1.807) is 12.3 Å². The quantitative estimate of drug-likeness (QED) is 0.605. The molecule has 1 heterocycles. The van der Waals surface area contributed by atoms with Crippen molar-refractivity contribution in [1.29, 1.82) is 0 Å². The first-order valence-corrected chi connectivity index (χ1v) is 10.3. The number of hydrogen-bond acceptors (Lipinski definition) is 3. The largest absolute Gasteiger partial charge is 0.291 e. The monoisotopic (exact) mass is 374 g/mol. The highest BCUT2D eigenvalue weighted by molar-refractivity contribution is 5.93. The third-order valence-corrected chi connectivity index (χ3v) is 6.84. The Balaban J connectivity index is 1.22. The van der Waals surface area contributed by atoms with Crippen molar-refractivity contribution in [3.63, 3.8) is 0 Å². The zero-order valence-electron chi connectivity index (χ0n) is 16.0. The van der Waals surface area contributed by atoms with E-state index in [0.717, 1.165) is 29.0 Å². The molecule has 1 amide bonds. The number of rotatable bonds is 5. The highest BCUT2D eigenvalue weighted by Crippen LogP contribution is 2.60. The molecule has 4 fully saturated rings. The number of carbonyl (C=O) groups is 1. The minimum atomic E-state index is -0.267. The van der Waals surface area contributed by atoms with Crippen LogP contribution in [0.1, 0.15) is 60.3 Å². The lowest BCUT2D eigenvalue weighted by atomic mass is 9.49. The van der Waals surface area contributed by atoms with E-state index in [9.17, 15) is 4.79 Å². The molecule has 0 radical (unpaired) electrons. The number of aromatic amines is 1. The summed E-state index contributed by atoms with van der Waals surface area (Å²) in [7, 11) is 0. The van der Waals surface area contributed by atoms with Gasteiger partial charge in [0.05, 0.1) is 0 Å². The van der Waals surface area contributed by atoms with Crippen LogP contribution in [0.3, 0.4) is 0 Å². The van der Waals surface area contributed by atoms with Gasteiger partial charge in [-0.15, -0.1) is 0 Å². The van der Waals surface area contributed by atoms with Crippen molar-refractivity contribution in [2.24, 2.45) is 22.9 Å². The van der Waals surface area contributed by atoms with Crippen LogP contribution >= 0.6 is 0 Å². The average molecular weight is 374 g/mol. The van der Waals surface area contributed by atoms with E-state index in [-0.39, 0.29) is 11.3 Å². The molecule has 28 heavy (non-hydrogen) atoms. The standard InChI is InChI=1S/C23H26N4O/c28-22(27-24-8-4-7-16-5-2-1-3-6-16)20-12-21(26-25-20)23-13-17-9-18(14-23)11-19(10-17)15-23/h1-8,12,17-19H,9-11,13-15H2,(H,25,26)(H,27,28)/b7-4-,24-8?. The van der Waals surface area contributed by atoms with Crippen LogP contribution in [0, 0.1) is 17.8 Å². The summed E-state index contributed by atoms with van der Waals surface area (Å²) in [5.41, 5.74) is 5.47. The van der Waals surface area contributed by atoms with Gasteiger partial charge in [-0.3, -0.25) is 9.89 Å². The molecule has 2 aromatic rings. The van der Waals surface area contributed by atoms with Crippen molar-refractivity contribution in [3.05, 3.63) is 59.4 Å². The molecule has 4 bridgehead atoms. The number of carbonyl (C=O) groups excluding carboxylic acids is 1. The fourth-order valence-corrected chi connectivity index (χ4v) is 6.06. The molecule has 4 saturated carbocycles. The molecule has 5 nitrogen and oxygen atoms in total. The molecule has 0 saturated heterocycles. The third kappa shape index (κ3) is 3.30. The summed E-state index contributed by atoms with van der Waals surface area (Å²) in [6, 6.07) is 11.9. The van der Waals surface area contributed by atoms with Gasteiger partial charge >= 0.3 is 0 Å². The van der Waals surface area contributed by atoms with E-state index in [4.69, 9.17) is 0 Å². The average Bonchev–Trinajstić information content (AvgIpc) is 3.19. The van der Waals surface area contributed by atoms with Crippen LogP contribution in [0.25, 0.3) is 6.08 Å². The van der Waals surface area contributed by atoms with Gasteiger partial charge in [0.1, 0.15) is 0 Å². The first-order chi connectivity index (χ1) is 13.7. The van der Waals surface area contributed by atoms with E-state index in [2.05, 4.69) is 20.7 Å². The van der Waals surface area contributed by atoms with Crippen molar-refractivity contribution in [2.75, 3.05) is 0 Å². The van der Waals surface area contributed by atoms with E-state index < -0.39 is 0 Å². The predicted molar refractivity (Wildman–Crippen MR) is 110 cm³/mol. The Kier molecular flexibility index (Phi) is 4.38. The zero-order valence-corrected chi connectivity index (χ0v) is 16.0. The highest BCUT2D eigenvalue weighted by Gasteiger charge is 2.52. The second kappa shape index (κ2) is 7.04. The number of nitrogens with one attached hydrogen (secondary N) is 2. The Bertz CT molecular complexity index is 876. The molecule has 4 aliphatic rings. The fourth-order valence-electron chi connectivity index (χ4n) is 6.06. The second-order valence-corrected chi connectivity index (χ2v) is 8.85. The van der Waals surface area contributed by atoms with Gasteiger partial charge in [0, 0.05) is 17.3 Å². The summed E-state index contributed by atoms with van der Waals surface area (Å²) < 4.78 is 0. The molecule has 4 aliphatic carbocycles. The molecule has 5 heteroatoms. The number of allylic oxidation sites excluding steroid dienone is 1. The van der Waals surface area contributed by atoms with Crippen LogP contribution in [0.2, 0.25) is 0 Å². The first kappa shape index (κ1) is 17.4. The number of benzene rings is 1. The lowest BCUT2D eigenvalue weighted by Gasteiger charge is -2.56. The topological polar surface area (TPSA) is 70.1 Å². The zero-order chi connectivity index (χ0) is 19.0. The number of hydrazone groups is 1. The van der Waals surface area contributed by atoms with E-state index in [1.807, 2.05) is 42.5 Å². The number of aromatic nitrogens is 2. The Morgan fingerprint density at radius 1 is 1.11 bits per heavy atom. The van der Waals surface area contributed by atoms with Crippen molar-refractivity contribution in [2.45, 2.75) is 43.9 Å². The number of H-pyrrole nitrogens is 1. The molecule has 1 aromatic heterocycles. The molecule has 144 valence electrons. The predicted octanol–water partition coefficient (Wildman–Crippen LogP) is 4.31. The summed E-state index contributed by atoms with van der Waals surface area (Å²) in [5.74, 6) is 2.34. The number of amides is 1. The van der Waals surface area contributed by atoms with Gasteiger partial charge in [0.15, 0.2) is 5.69 Å². The van der Waals surface area contributed by atoms with Crippen LogP contribution < -0.4 is 5.43 Å². The van der Waals surface area contributed by atoms with Crippen molar-refractivity contribution in [3.8, 4) is 0 Å². The Labute approximate surface area is 165 Å². The first-order valence-electron chi connectivity index (χ1n) is 10.3. The highest BCUT2D eigenvalue weighted by atomic mass is 16.2. The second-order valence-electron chi connectivity index (χ2n) is 8.85. The summed E-state index contributed by atoms with van der Waals surface area (Å²) in [6.45, 7) is 0. The number of hydrogen-bond donors (Lipinski definition) is 2. The molecule has 2 N–H and O–H groups in total. The Morgan fingerprint density at radius 3 is 2.46 bits per heavy atom. The van der Waals surface area contributed by atoms with Crippen molar-refractivity contribution < 1.29 is 4.79 Å². The van der Waals surface area contributed by atoms with E-state index in [0.29, 0.717) is 5.69 Å². The van der Waals surface area contributed by atoms with Gasteiger partial charge in [-0.1, -0.05) is 36.4 Å². The molecule has 0 spiro atoms. The molecule has 0 atom stereocenters. The van der Waals surface area contributed by atoms with Gasteiger partial charge in [-0.25, -0.2) is 5.43 Å². The van der Waals surface area contributed by atoms with Gasteiger partial charge < -0.3 is 0 Å². The minimum Gasteiger partial charge on any atom is -0.281 e. The number of nitrogens with zero attached hydrogens (tertiary/aromatic N) is 2. The molecular weight excluding hydrogens is 348 g/mol. The summed E-state index contributed by atoms with van der Waals surface area (Å²) >= 11 is 0. The summed E-state index contributed by atoms with van der Waals surface area (Å²) in [4.78, 5) is 12.4. The van der Waals surface area contributed by atoms with Crippen LogP contribution in [0.4, 0.5) is 0 Å². The van der Waals surface area contributed by atoms with E-state index >= 15 is 0 Å². The van der Waals surface area contributed by atoms with Crippen LogP contribution in [-0.4, -0.2) is 22.3 Å². The van der Waals surface area contributed by atoms with Crippen molar-refractivity contribution >= 4 is 18.2 Å². The Morgan fingerprint density at radius 2 is 1.79 bits per heavy atom. The van der Waals surface area contributed by atoms with E-state index in [1.165, 1.54) is 38.5 Å².